The van der Waals surface area contributed by atoms with Crippen molar-refractivity contribution < 1.29 is 14.7 Å². The number of aromatic hydroxyl groups is 1. The van der Waals surface area contributed by atoms with Gasteiger partial charge in [-0.05, 0) is 18.2 Å². The van der Waals surface area contributed by atoms with E-state index in [1.54, 1.807) is 42.5 Å². The molecule has 0 unspecified atom stereocenters. The average Bonchev–Trinajstić information content (AvgIpc) is 2.72. The molecule has 0 radical (unpaired) electrons. The Balaban J connectivity index is 1.79. The molecule has 0 fully saturated rings. The van der Waals surface area contributed by atoms with Gasteiger partial charge in [0, 0.05) is 28.8 Å². The fourth-order valence-corrected chi connectivity index (χ4v) is 3.34. The molecule has 0 aliphatic heterocycles. The van der Waals surface area contributed by atoms with E-state index in [0.717, 1.165) is 0 Å². The van der Waals surface area contributed by atoms with Gasteiger partial charge in [-0.3, -0.25) is 9.59 Å². The topological polar surface area (TPSA) is 66.4 Å². The van der Waals surface area contributed by atoms with Gasteiger partial charge in [0.15, 0.2) is 5.78 Å². The van der Waals surface area contributed by atoms with Crippen LogP contribution >= 0.6 is 34.8 Å². The van der Waals surface area contributed by atoms with E-state index in [4.69, 9.17) is 34.8 Å². The summed E-state index contributed by atoms with van der Waals surface area (Å²) in [5, 5.41) is 13.0. The molecule has 0 aliphatic rings. The number of phenolic OH excluding ortho intramolecular Hbond substituents is 1. The first-order chi connectivity index (χ1) is 13.4. The fraction of sp³-hybridized carbons (Fsp3) is 0.0476. The highest BCUT2D eigenvalue weighted by Gasteiger charge is 2.17. The van der Waals surface area contributed by atoms with Crippen LogP contribution in [0.15, 0.2) is 60.7 Å². The number of halogens is 3. The van der Waals surface area contributed by atoms with Crippen LogP contribution in [0.1, 0.15) is 31.8 Å². The van der Waals surface area contributed by atoms with Crippen molar-refractivity contribution in [3.8, 4) is 5.75 Å². The molecular weight excluding hydrogens is 421 g/mol. The van der Waals surface area contributed by atoms with Gasteiger partial charge in [-0.1, -0.05) is 77.3 Å². The molecule has 4 nitrogen and oxygen atoms in total. The molecule has 0 atom stereocenters. The number of phenols is 1. The summed E-state index contributed by atoms with van der Waals surface area (Å²) in [4.78, 5) is 25.1. The highest BCUT2D eigenvalue weighted by molar-refractivity contribution is 6.44. The zero-order valence-corrected chi connectivity index (χ0v) is 16.6. The normalized spacial score (nSPS) is 10.5. The number of hydrogen-bond donors (Lipinski definition) is 2. The van der Waals surface area contributed by atoms with E-state index in [0.29, 0.717) is 16.7 Å². The maximum atomic E-state index is 12.6. The lowest BCUT2D eigenvalue weighted by molar-refractivity contribution is 0.0950. The van der Waals surface area contributed by atoms with E-state index in [-0.39, 0.29) is 38.7 Å². The smallest absolute Gasteiger partial charge is 0.251 e. The summed E-state index contributed by atoms with van der Waals surface area (Å²) in [5.74, 6) is -0.865. The van der Waals surface area contributed by atoms with Gasteiger partial charge in [-0.25, -0.2) is 0 Å². The zero-order chi connectivity index (χ0) is 20.3. The van der Waals surface area contributed by atoms with Crippen LogP contribution in [-0.2, 0) is 6.54 Å². The van der Waals surface area contributed by atoms with Gasteiger partial charge in [0.25, 0.3) is 5.91 Å². The minimum atomic E-state index is -0.436. The molecule has 3 aromatic rings. The van der Waals surface area contributed by atoms with E-state index in [9.17, 15) is 14.7 Å². The van der Waals surface area contributed by atoms with E-state index < -0.39 is 5.91 Å². The molecular formula is C21H14Cl3NO3. The van der Waals surface area contributed by atoms with Crippen LogP contribution < -0.4 is 5.32 Å². The van der Waals surface area contributed by atoms with Gasteiger partial charge in [0.1, 0.15) is 5.75 Å². The highest BCUT2D eigenvalue weighted by Crippen LogP contribution is 2.38. The number of benzene rings is 3. The van der Waals surface area contributed by atoms with Crippen LogP contribution in [0.25, 0.3) is 0 Å². The first-order valence-corrected chi connectivity index (χ1v) is 9.35. The minimum absolute atomic E-state index is 0.0362. The third kappa shape index (κ3) is 4.30. The molecule has 0 saturated heterocycles. The summed E-state index contributed by atoms with van der Waals surface area (Å²) in [6, 6.07) is 16.5. The van der Waals surface area contributed by atoms with Crippen LogP contribution in [0, 0.1) is 0 Å². The number of nitrogens with one attached hydrogen (secondary N) is 1. The van der Waals surface area contributed by atoms with Crippen molar-refractivity contribution in [2.75, 3.05) is 0 Å². The molecule has 0 heterocycles. The molecule has 3 aromatic carbocycles. The monoisotopic (exact) mass is 433 g/mol. The lowest BCUT2D eigenvalue weighted by atomic mass is 10.0. The summed E-state index contributed by atoms with van der Waals surface area (Å²) < 4.78 is 0. The Morgan fingerprint density at radius 2 is 1.46 bits per heavy atom. The van der Waals surface area contributed by atoms with Gasteiger partial charge >= 0.3 is 0 Å². The van der Waals surface area contributed by atoms with Crippen LogP contribution in [0.3, 0.4) is 0 Å². The molecule has 1 amide bonds. The third-order valence-electron chi connectivity index (χ3n) is 4.09. The highest BCUT2D eigenvalue weighted by atomic mass is 35.5. The minimum Gasteiger partial charge on any atom is -0.506 e. The summed E-state index contributed by atoms with van der Waals surface area (Å²) in [6.45, 7) is -0.0827. The molecule has 7 heteroatoms. The Morgan fingerprint density at radius 3 is 2.18 bits per heavy atom. The van der Waals surface area contributed by atoms with Gasteiger partial charge < -0.3 is 10.4 Å². The quantitative estimate of drug-likeness (QED) is 0.411. The lowest BCUT2D eigenvalue weighted by Gasteiger charge is -2.12. The maximum absolute atomic E-state index is 12.6. The van der Waals surface area contributed by atoms with Crippen molar-refractivity contribution in [2.45, 2.75) is 6.54 Å². The van der Waals surface area contributed by atoms with E-state index in [2.05, 4.69) is 5.32 Å². The summed E-state index contributed by atoms with van der Waals surface area (Å²) >= 11 is 17.9. The predicted molar refractivity (Wildman–Crippen MR) is 111 cm³/mol. The average molecular weight is 435 g/mol. The van der Waals surface area contributed by atoms with Gasteiger partial charge in [0.2, 0.25) is 0 Å². The number of ketones is 1. The lowest BCUT2D eigenvalue weighted by Crippen LogP contribution is -2.23. The second-order valence-corrected chi connectivity index (χ2v) is 7.13. The van der Waals surface area contributed by atoms with Crippen molar-refractivity contribution in [2.24, 2.45) is 0 Å². The fourth-order valence-electron chi connectivity index (χ4n) is 2.63. The van der Waals surface area contributed by atoms with Crippen LogP contribution in [0.2, 0.25) is 15.1 Å². The van der Waals surface area contributed by atoms with E-state index in [1.807, 2.05) is 6.07 Å². The molecule has 0 spiro atoms. The summed E-state index contributed by atoms with van der Waals surface area (Å²) in [7, 11) is 0. The Morgan fingerprint density at radius 1 is 0.821 bits per heavy atom. The second kappa shape index (κ2) is 8.65. The Hall–Kier alpha value is -2.53. The molecule has 28 heavy (non-hydrogen) atoms. The third-order valence-corrected chi connectivity index (χ3v) is 5.20. The van der Waals surface area contributed by atoms with Crippen molar-refractivity contribution >= 4 is 46.5 Å². The molecule has 2 N–H and O–H groups in total. The molecule has 3 rings (SSSR count). The molecule has 0 aliphatic carbocycles. The van der Waals surface area contributed by atoms with Crippen LogP contribution in [-0.4, -0.2) is 16.8 Å². The summed E-state index contributed by atoms with van der Waals surface area (Å²) in [6.07, 6.45) is 0. The van der Waals surface area contributed by atoms with Crippen LogP contribution in [0.4, 0.5) is 0 Å². The van der Waals surface area contributed by atoms with Crippen LogP contribution in [0.5, 0.6) is 5.75 Å². The Labute approximate surface area is 176 Å². The largest absolute Gasteiger partial charge is 0.506 e. The number of rotatable bonds is 5. The molecule has 142 valence electrons. The first-order valence-electron chi connectivity index (χ1n) is 8.22. The number of carbonyl (C=O) groups excluding carboxylic acids is 2. The zero-order valence-electron chi connectivity index (χ0n) is 14.4. The summed E-state index contributed by atoms with van der Waals surface area (Å²) in [5.41, 5.74) is 1.44. The first kappa shape index (κ1) is 20.2. The van der Waals surface area contributed by atoms with Gasteiger partial charge in [0.05, 0.1) is 15.1 Å². The number of amides is 1. The molecule has 0 aromatic heterocycles. The standard InChI is InChI=1S/C21H14Cl3NO3/c22-16-10-17(23)20(27)15(18(16)24)11-25-21(28)14-8-4-7-13(9-14)19(26)12-5-2-1-3-6-12/h1-10,27H,11H2,(H,25,28). The molecule has 0 bridgehead atoms. The van der Waals surface area contributed by atoms with Crippen molar-refractivity contribution in [1.29, 1.82) is 0 Å². The molecule has 0 saturated carbocycles. The second-order valence-electron chi connectivity index (χ2n) is 5.94. The number of carbonyl (C=O) groups is 2. The van der Waals surface area contributed by atoms with Crippen molar-refractivity contribution in [1.82, 2.24) is 5.32 Å². The number of hydrogen-bond acceptors (Lipinski definition) is 3. The predicted octanol–water partition coefficient (Wildman–Crippen LogP) is 5.51. The maximum Gasteiger partial charge on any atom is 0.251 e. The Kier molecular flexibility index (Phi) is 6.25. The van der Waals surface area contributed by atoms with E-state index in [1.165, 1.54) is 12.1 Å². The van der Waals surface area contributed by atoms with Gasteiger partial charge in [-0.2, -0.15) is 0 Å². The SMILES string of the molecule is O=C(NCc1c(O)c(Cl)cc(Cl)c1Cl)c1cccc(C(=O)c2ccccc2)c1. The van der Waals surface area contributed by atoms with Crippen molar-refractivity contribution in [3.05, 3.63) is 98.0 Å². The van der Waals surface area contributed by atoms with Gasteiger partial charge in [-0.15, -0.1) is 0 Å². The van der Waals surface area contributed by atoms with E-state index >= 15 is 0 Å². The van der Waals surface area contributed by atoms with Crippen molar-refractivity contribution in [3.63, 3.8) is 0 Å². The Bertz CT molecular complexity index is 1030.